The molecule has 6 rings (SSSR count). The van der Waals surface area contributed by atoms with E-state index in [1.807, 2.05) is 30.3 Å². The van der Waals surface area contributed by atoms with Crippen molar-refractivity contribution in [2.24, 2.45) is 0 Å². The van der Waals surface area contributed by atoms with Gasteiger partial charge in [0.25, 0.3) is 5.56 Å². The fourth-order valence-electron chi connectivity index (χ4n) is 4.32. The predicted molar refractivity (Wildman–Crippen MR) is 127 cm³/mol. The molecule has 1 saturated heterocycles. The van der Waals surface area contributed by atoms with Gasteiger partial charge in [-0.15, -0.1) is 0 Å². The minimum absolute atomic E-state index is 0.159. The SMILES string of the molecule is O=c1c2cccn2nc([C@@H]2C(=S)CCN2c2ncnc3[nH]cc(Cl)c23)n1-c1ccccc1. The summed E-state index contributed by atoms with van der Waals surface area (Å²) in [5.41, 5.74) is 1.70. The Kier molecular flexibility index (Phi) is 4.34. The smallest absolute Gasteiger partial charge is 0.282 e. The zero-order chi connectivity index (χ0) is 21.8. The lowest BCUT2D eigenvalue weighted by Gasteiger charge is -2.27. The highest BCUT2D eigenvalue weighted by Gasteiger charge is 2.37. The van der Waals surface area contributed by atoms with Gasteiger partial charge in [0.2, 0.25) is 0 Å². The summed E-state index contributed by atoms with van der Waals surface area (Å²) >= 11 is 12.3. The Morgan fingerprint density at radius 3 is 2.81 bits per heavy atom. The van der Waals surface area contributed by atoms with Gasteiger partial charge in [-0.2, -0.15) is 5.10 Å². The number of aromatic amines is 1. The van der Waals surface area contributed by atoms with Gasteiger partial charge in [0.15, 0.2) is 5.82 Å². The molecule has 158 valence electrons. The number of thiocarbonyl (C=S) groups is 1. The molecule has 0 amide bonds. The van der Waals surface area contributed by atoms with Crippen LogP contribution in [-0.4, -0.2) is 40.5 Å². The molecule has 5 aromatic rings. The molecular weight excluding hydrogens is 446 g/mol. The summed E-state index contributed by atoms with van der Waals surface area (Å²) in [5.74, 6) is 1.19. The molecule has 5 heterocycles. The number of anilines is 1. The normalized spacial score (nSPS) is 16.5. The molecule has 1 aliphatic heterocycles. The van der Waals surface area contributed by atoms with Crippen molar-refractivity contribution >= 4 is 51.1 Å². The molecular formula is C22H16ClN7OS. The Balaban J connectivity index is 1.63. The molecule has 0 unspecified atom stereocenters. The molecule has 0 radical (unpaired) electrons. The Labute approximate surface area is 192 Å². The van der Waals surface area contributed by atoms with E-state index in [-0.39, 0.29) is 5.56 Å². The molecule has 1 atom stereocenters. The van der Waals surface area contributed by atoms with Gasteiger partial charge in [0.1, 0.15) is 29.4 Å². The number of aromatic nitrogens is 6. The Hall–Kier alpha value is -3.56. The number of halogens is 1. The average Bonchev–Trinajstić information content (AvgIpc) is 3.53. The standard InChI is InChI=1S/C22H16ClN7OS/c23-14-11-24-19-17(14)20(26-12-25-19)28-10-8-16(32)18(28)21-27-29-9-4-7-15(29)22(31)30(21)13-5-2-1-3-6-13/h1-7,9,11-12,18H,8,10H2,(H,24,25,26)/t18-/m0/s1. The van der Waals surface area contributed by atoms with E-state index in [1.54, 1.807) is 33.6 Å². The molecule has 8 nitrogen and oxygen atoms in total. The minimum Gasteiger partial charge on any atom is -0.344 e. The fraction of sp³-hybridized carbons (Fsp3) is 0.136. The highest BCUT2D eigenvalue weighted by Crippen LogP contribution is 2.38. The molecule has 1 aliphatic rings. The van der Waals surface area contributed by atoms with Gasteiger partial charge in [-0.1, -0.05) is 42.0 Å². The van der Waals surface area contributed by atoms with E-state index in [2.05, 4.69) is 19.9 Å². The number of nitrogens with one attached hydrogen (secondary N) is 1. The van der Waals surface area contributed by atoms with Crippen molar-refractivity contribution in [1.82, 2.24) is 29.1 Å². The van der Waals surface area contributed by atoms with Crippen LogP contribution >= 0.6 is 23.8 Å². The van der Waals surface area contributed by atoms with Gasteiger partial charge in [-0.3, -0.25) is 9.36 Å². The summed E-state index contributed by atoms with van der Waals surface area (Å²) in [5, 5.41) is 6.09. The second-order valence-corrected chi connectivity index (χ2v) is 8.47. The van der Waals surface area contributed by atoms with E-state index in [4.69, 9.17) is 28.9 Å². The summed E-state index contributed by atoms with van der Waals surface area (Å²) in [6.07, 6.45) is 5.62. The van der Waals surface area contributed by atoms with E-state index in [9.17, 15) is 4.79 Å². The van der Waals surface area contributed by atoms with Crippen molar-refractivity contribution in [2.75, 3.05) is 11.4 Å². The van der Waals surface area contributed by atoms with E-state index < -0.39 is 6.04 Å². The van der Waals surface area contributed by atoms with Gasteiger partial charge >= 0.3 is 0 Å². The topological polar surface area (TPSA) is 84.1 Å². The molecule has 0 aliphatic carbocycles. The molecule has 1 fully saturated rings. The number of rotatable bonds is 3. The number of benzene rings is 1. The lowest BCUT2D eigenvalue weighted by Crippen LogP contribution is -2.35. The first-order valence-electron chi connectivity index (χ1n) is 10.1. The van der Waals surface area contributed by atoms with E-state index in [0.717, 1.165) is 15.9 Å². The van der Waals surface area contributed by atoms with Gasteiger partial charge in [0.05, 0.1) is 16.1 Å². The van der Waals surface area contributed by atoms with Crippen LogP contribution in [0.25, 0.3) is 22.2 Å². The second kappa shape index (κ2) is 7.25. The lowest BCUT2D eigenvalue weighted by atomic mass is 10.1. The zero-order valence-corrected chi connectivity index (χ0v) is 18.2. The van der Waals surface area contributed by atoms with Crippen LogP contribution in [0.1, 0.15) is 18.3 Å². The van der Waals surface area contributed by atoms with Crippen LogP contribution in [0.3, 0.4) is 0 Å². The monoisotopic (exact) mass is 461 g/mol. The average molecular weight is 462 g/mol. The van der Waals surface area contributed by atoms with Crippen molar-refractivity contribution in [3.8, 4) is 5.69 Å². The van der Waals surface area contributed by atoms with Crippen molar-refractivity contribution in [3.05, 3.63) is 82.4 Å². The third kappa shape index (κ3) is 2.78. The number of hydrogen-bond donors (Lipinski definition) is 1. The van der Waals surface area contributed by atoms with Crippen LogP contribution in [0.2, 0.25) is 5.02 Å². The summed E-state index contributed by atoms with van der Waals surface area (Å²) in [6.45, 7) is 0.630. The van der Waals surface area contributed by atoms with E-state index in [1.165, 1.54) is 6.33 Å². The number of nitrogens with zero attached hydrogens (tertiary/aromatic N) is 6. The van der Waals surface area contributed by atoms with Crippen LogP contribution in [0.15, 0.2) is 66.0 Å². The third-order valence-corrected chi connectivity index (χ3v) is 6.46. The molecule has 32 heavy (non-hydrogen) atoms. The number of H-pyrrole nitrogens is 1. The maximum atomic E-state index is 13.5. The van der Waals surface area contributed by atoms with Crippen LogP contribution in [0.4, 0.5) is 5.82 Å². The molecule has 0 bridgehead atoms. The summed E-state index contributed by atoms with van der Waals surface area (Å²) in [6, 6.07) is 12.6. The van der Waals surface area contributed by atoms with Crippen LogP contribution in [0.5, 0.6) is 0 Å². The minimum atomic E-state index is -0.436. The first-order valence-corrected chi connectivity index (χ1v) is 10.8. The van der Waals surface area contributed by atoms with Crippen LogP contribution in [0, 0.1) is 0 Å². The van der Waals surface area contributed by atoms with Crippen molar-refractivity contribution in [3.63, 3.8) is 0 Å². The van der Waals surface area contributed by atoms with Crippen molar-refractivity contribution < 1.29 is 0 Å². The van der Waals surface area contributed by atoms with Crippen molar-refractivity contribution in [1.29, 1.82) is 0 Å². The Morgan fingerprint density at radius 1 is 1.12 bits per heavy atom. The number of hydrogen-bond acceptors (Lipinski definition) is 6. The first kappa shape index (κ1) is 19.1. The molecule has 4 aromatic heterocycles. The van der Waals surface area contributed by atoms with Crippen LogP contribution < -0.4 is 10.5 Å². The van der Waals surface area contributed by atoms with Gasteiger partial charge in [-0.25, -0.2) is 14.5 Å². The maximum absolute atomic E-state index is 13.5. The highest BCUT2D eigenvalue weighted by atomic mass is 35.5. The molecule has 0 spiro atoms. The first-order chi connectivity index (χ1) is 15.6. The summed E-state index contributed by atoms with van der Waals surface area (Å²) in [4.78, 5) is 28.3. The van der Waals surface area contributed by atoms with Gasteiger partial charge in [-0.05, 0) is 30.7 Å². The number of fused-ring (bicyclic) bond motifs is 2. The summed E-state index contributed by atoms with van der Waals surface area (Å²) in [7, 11) is 0. The highest BCUT2D eigenvalue weighted by molar-refractivity contribution is 7.80. The van der Waals surface area contributed by atoms with Crippen LogP contribution in [-0.2, 0) is 0 Å². The second-order valence-electron chi connectivity index (χ2n) is 7.54. The fourth-order valence-corrected chi connectivity index (χ4v) is 4.87. The van der Waals surface area contributed by atoms with Crippen molar-refractivity contribution in [2.45, 2.75) is 12.5 Å². The molecule has 0 saturated carbocycles. The van der Waals surface area contributed by atoms with E-state index in [0.29, 0.717) is 40.8 Å². The Morgan fingerprint density at radius 2 is 1.97 bits per heavy atom. The predicted octanol–water partition coefficient (Wildman–Crippen LogP) is 3.73. The third-order valence-electron chi connectivity index (χ3n) is 5.74. The maximum Gasteiger partial charge on any atom is 0.282 e. The lowest BCUT2D eigenvalue weighted by molar-refractivity contribution is 0.678. The number of para-hydroxylation sites is 1. The Bertz CT molecular complexity index is 1560. The zero-order valence-electron chi connectivity index (χ0n) is 16.6. The molecule has 1 N–H and O–H groups in total. The van der Waals surface area contributed by atoms with Gasteiger partial charge in [0, 0.05) is 23.8 Å². The molecule has 10 heteroatoms. The molecule has 1 aromatic carbocycles. The van der Waals surface area contributed by atoms with E-state index >= 15 is 0 Å². The quantitative estimate of drug-likeness (QED) is 0.412. The summed E-state index contributed by atoms with van der Waals surface area (Å²) < 4.78 is 3.25. The largest absolute Gasteiger partial charge is 0.344 e. The van der Waals surface area contributed by atoms with Gasteiger partial charge < -0.3 is 9.88 Å².